The van der Waals surface area contributed by atoms with Gasteiger partial charge in [-0.3, -0.25) is 0 Å². The molecule has 88 valence electrons. The van der Waals surface area contributed by atoms with Crippen LogP contribution in [0.15, 0.2) is 42.5 Å². The molecule has 0 heterocycles. The van der Waals surface area contributed by atoms with Crippen molar-refractivity contribution >= 4 is 34.2 Å². The van der Waals surface area contributed by atoms with Gasteiger partial charge in [-0.25, -0.2) is 4.39 Å². The minimum absolute atomic E-state index is 0.194. The van der Waals surface area contributed by atoms with Crippen molar-refractivity contribution in [1.29, 1.82) is 0 Å². The van der Waals surface area contributed by atoms with Crippen molar-refractivity contribution in [3.05, 3.63) is 68.5 Å². The molecule has 2 aromatic rings. The molecule has 2 rings (SSSR count). The third-order valence-electron chi connectivity index (χ3n) is 2.62. The Balaban J connectivity index is 2.36. The molecule has 0 radical (unpaired) electrons. The zero-order valence-electron chi connectivity index (χ0n) is 9.25. The second-order valence-corrected chi connectivity index (χ2v) is 5.61. The molecule has 0 fully saturated rings. The zero-order valence-corrected chi connectivity index (χ0v) is 12.2. The maximum absolute atomic E-state index is 13.2. The molecule has 0 amide bonds. The number of alkyl halides is 1. The summed E-state index contributed by atoms with van der Waals surface area (Å²) in [6, 6.07) is 13.0. The van der Waals surface area contributed by atoms with Crippen molar-refractivity contribution in [2.75, 3.05) is 0 Å². The number of hydrogen-bond acceptors (Lipinski definition) is 0. The van der Waals surface area contributed by atoms with E-state index in [0.29, 0.717) is 5.56 Å². The molecule has 0 N–H and O–H groups in total. The van der Waals surface area contributed by atoms with Crippen molar-refractivity contribution < 1.29 is 4.39 Å². The van der Waals surface area contributed by atoms with Gasteiger partial charge in [0.15, 0.2) is 0 Å². The molecule has 1 unspecified atom stereocenters. The Bertz CT molecular complexity index is 539. The Labute approximate surface area is 119 Å². The molecule has 0 bridgehead atoms. The van der Waals surface area contributed by atoms with E-state index in [1.54, 1.807) is 19.1 Å². The lowest BCUT2D eigenvalue weighted by Gasteiger charge is -2.11. The van der Waals surface area contributed by atoms with Gasteiger partial charge in [0.05, 0.1) is 5.38 Å². The minimum atomic E-state index is -0.232. The van der Waals surface area contributed by atoms with E-state index in [-0.39, 0.29) is 11.2 Å². The summed E-state index contributed by atoms with van der Waals surface area (Å²) < 4.78 is 14.3. The molecule has 2 aromatic carbocycles. The first-order valence-electron chi connectivity index (χ1n) is 5.23. The van der Waals surface area contributed by atoms with Crippen LogP contribution in [0.5, 0.6) is 0 Å². The lowest BCUT2D eigenvalue weighted by atomic mass is 10.0. The molecule has 1 atom stereocenters. The lowest BCUT2D eigenvalue weighted by molar-refractivity contribution is 0.617. The third-order valence-corrected chi connectivity index (χ3v) is 3.79. The smallest absolute Gasteiger partial charge is 0.126 e. The predicted octanol–water partition coefficient (Wildman–Crippen LogP) is 5.07. The Morgan fingerprint density at radius 2 is 1.82 bits per heavy atom. The largest absolute Gasteiger partial charge is 0.207 e. The Kier molecular flexibility index (Phi) is 4.05. The molecule has 0 saturated heterocycles. The normalized spacial score (nSPS) is 12.5. The third kappa shape index (κ3) is 2.99. The van der Waals surface area contributed by atoms with Crippen LogP contribution in [0, 0.1) is 16.3 Å². The molecule has 0 saturated carbocycles. The van der Waals surface area contributed by atoms with Gasteiger partial charge < -0.3 is 0 Å². The molecular weight excluding hydrogens is 350 g/mol. The zero-order chi connectivity index (χ0) is 12.4. The van der Waals surface area contributed by atoms with Crippen LogP contribution in [0.3, 0.4) is 0 Å². The Hall–Kier alpha value is -0.610. The van der Waals surface area contributed by atoms with E-state index in [1.165, 1.54) is 6.07 Å². The molecule has 0 spiro atoms. The molecule has 0 nitrogen and oxygen atoms in total. The van der Waals surface area contributed by atoms with Crippen LogP contribution in [0.1, 0.15) is 22.1 Å². The van der Waals surface area contributed by atoms with Gasteiger partial charge >= 0.3 is 0 Å². The monoisotopic (exact) mass is 360 g/mol. The fourth-order valence-corrected chi connectivity index (χ4v) is 2.52. The summed E-state index contributed by atoms with van der Waals surface area (Å²) in [6.45, 7) is 1.75. The summed E-state index contributed by atoms with van der Waals surface area (Å²) in [5.41, 5.74) is 2.58. The standard InChI is InChI=1S/C14H11ClFI/c1-9-7-11(5-6-13(9)16)14(15)10-3-2-4-12(17)8-10/h2-8,14H,1H3. The quantitative estimate of drug-likeness (QED) is 0.518. The summed E-state index contributed by atoms with van der Waals surface area (Å²) in [5, 5.41) is -0.232. The molecule has 0 aromatic heterocycles. The van der Waals surface area contributed by atoms with Gasteiger partial charge in [0.25, 0.3) is 0 Å². The van der Waals surface area contributed by atoms with Crippen LogP contribution >= 0.6 is 34.2 Å². The van der Waals surface area contributed by atoms with E-state index >= 15 is 0 Å². The van der Waals surface area contributed by atoms with E-state index in [2.05, 4.69) is 22.6 Å². The lowest BCUT2D eigenvalue weighted by Crippen LogP contribution is -1.95. The van der Waals surface area contributed by atoms with Gasteiger partial charge in [0.1, 0.15) is 5.82 Å². The van der Waals surface area contributed by atoms with Crippen molar-refractivity contribution in [1.82, 2.24) is 0 Å². The SMILES string of the molecule is Cc1cc(C(Cl)c2cccc(I)c2)ccc1F. The molecule has 3 heteroatoms. The highest BCUT2D eigenvalue weighted by Gasteiger charge is 2.12. The fraction of sp³-hybridized carbons (Fsp3) is 0.143. The van der Waals surface area contributed by atoms with Crippen LogP contribution < -0.4 is 0 Å². The van der Waals surface area contributed by atoms with Gasteiger partial charge in [-0.2, -0.15) is 0 Å². The summed E-state index contributed by atoms with van der Waals surface area (Å²) in [4.78, 5) is 0. The maximum atomic E-state index is 13.2. The van der Waals surface area contributed by atoms with Gasteiger partial charge in [-0.1, -0.05) is 24.3 Å². The van der Waals surface area contributed by atoms with Gasteiger partial charge in [0, 0.05) is 3.57 Å². The minimum Gasteiger partial charge on any atom is -0.207 e. The number of halogens is 3. The number of benzene rings is 2. The van der Waals surface area contributed by atoms with Gasteiger partial charge in [0.2, 0.25) is 0 Å². The highest BCUT2D eigenvalue weighted by molar-refractivity contribution is 14.1. The summed E-state index contributed by atoms with van der Waals surface area (Å²) in [7, 11) is 0. The van der Waals surface area contributed by atoms with Crippen LogP contribution in [0.25, 0.3) is 0 Å². The fourth-order valence-electron chi connectivity index (χ4n) is 1.68. The molecule has 0 aliphatic rings. The van der Waals surface area contributed by atoms with E-state index < -0.39 is 0 Å². The topological polar surface area (TPSA) is 0 Å². The van der Waals surface area contributed by atoms with E-state index in [0.717, 1.165) is 14.7 Å². The summed E-state index contributed by atoms with van der Waals surface area (Å²) >= 11 is 8.65. The van der Waals surface area contributed by atoms with Gasteiger partial charge in [-0.15, -0.1) is 11.6 Å². The average Bonchev–Trinajstić information content (AvgIpc) is 2.32. The number of hydrogen-bond donors (Lipinski definition) is 0. The van der Waals surface area contributed by atoms with Crippen molar-refractivity contribution in [3.63, 3.8) is 0 Å². The first kappa shape index (κ1) is 12.8. The van der Waals surface area contributed by atoms with Gasteiger partial charge in [-0.05, 0) is 64.4 Å². The molecule has 0 aliphatic carbocycles. The first-order chi connectivity index (χ1) is 8.08. The highest BCUT2D eigenvalue weighted by Crippen LogP contribution is 2.30. The maximum Gasteiger partial charge on any atom is 0.126 e. The van der Waals surface area contributed by atoms with Crippen LogP contribution in [-0.4, -0.2) is 0 Å². The first-order valence-corrected chi connectivity index (χ1v) is 6.75. The number of aryl methyl sites for hydroxylation is 1. The Morgan fingerprint density at radius 3 is 2.47 bits per heavy atom. The van der Waals surface area contributed by atoms with E-state index in [4.69, 9.17) is 11.6 Å². The van der Waals surface area contributed by atoms with Crippen molar-refractivity contribution in [3.8, 4) is 0 Å². The second-order valence-electron chi connectivity index (χ2n) is 3.93. The summed E-state index contributed by atoms with van der Waals surface area (Å²) in [6.07, 6.45) is 0. The van der Waals surface area contributed by atoms with Crippen LogP contribution in [-0.2, 0) is 0 Å². The molecule has 17 heavy (non-hydrogen) atoms. The van der Waals surface area contributed by atoms with E-state index in [9.17, 15) is 4.39 Å². The molecular formula is C14H11ClFI. The highest BCUT2D eigenvalue weighted by atomic mass is 127. The van der Waals surface area contributed by atoms with Crippen molar-refractivity contribution in [2.45, 2.75) is 12.3 Å². The summed E-state index contributed by atoms with van der Waals surface area (Å²) in [5.74, 6) is -0.194. The average molecular weight is 361 g/mol. The molecule has 0 aliphatic heterocycles. The van der Waals surface area contributed by atoms with E-state index in [1.807, 2.05) is 24.3 Å². The number of rotatable bonds is 2. The van der Waals surface area contributed by atoms with Crippen LogP contribution in [0.4, 0.5) is 4.39 Å². The second kappa shape index (κ2) is 5.36. The predicted molar refractivity (Wildman–Crippen MR) is 78.0 cm³/mol. The van der Waals surface area contributed by atoms with Crippen LogP contribution in [0.2, 0.25) is 0 Å². The Morgan fingerprint density at radius 1 is 1.12 bits per heavy atom. The van der Waals surface area contributed by atoms with Crippen molar-refractivity contribution in [2.24, 2.45) is 0 Å².